The van der Waals surface area contributed by atoms with E-state index >= 15 is 0 Å². The summed E-state index contributed by atoms with van der Waals surface area (Å²) in [5.41, 5.74) is 0. The van der Waals surface area contributed by atoms with Crippen LogP contribution in [-0.2, 0) is 9.47 Å². The lowest BCUT2D eigenvalue weighted by atomic mass is 10.00. The molecule has 1 saturated heterocycles. The molecule has 0 aliphatic carbocycles. The minimum absolute atomic E-state index is 0.0460. The number of hydrogen-bond donors (Lipinski definition) is 2. The van der Waals surface area contributed by atoms with Gasteiger partial charge in [-0.05, 0) is 39.5 Å². The number of hydrogen-bond acceptors (Lipinski definition) is 3. The van der Waals surface area contributed by atoms with Gasteiger partial charge in [-0.3, -0.25) is 0 Å². The summed E-state index contributed by atoms with van der Waals surface area (Å²) in [5, 5.41) is 6.07. The van der Waals surface area contributed by atoms with Crippen LogP contribution in [0.4, 0.5) is 4.79 Å². The normalized spacial score (nSPS) is 28.2. The zero-order valence-corrected chi connectivity index (χ0v) is 13.4. The molecular formula is C15H30N2O3. The molecule has 0 aromatic heterocycles. The molecule has 0 radical (unpaired) electrons. The van der Waals surface area contributed by atoms with E-state index in [1.54, 1.807) is 0 Å². The molecule has 2 amide bonds. The molecule has 0 spiro atoms. The fourth-order valence-electron chi connectivity index (χ4n) is 2.56. The summed E-state index contributed by atoms with van der Waals surface area (Å²) in [6.07, 6.45) is 2.15. The lowest BCUT2D eigenvalue weighted by Crippen LogP contribution is -2.52. The highest BCUT2D eigenvalue weighted by Gasteiger charge is 2.26. The van der Waals surface area contributed by atoms with Crippen molar-refractivity contribution in [2.45, 2.75) is 71.8 Å². The van der Waals surface area contributed by atoms with Crippen molar-refractivity contribution >= 4 is 6.03 Å². The van der Waals surface area contributed by atoms with Gasteiger partial charge in [0.2, 0.25) is 0 Å². The summed E-state index contributed by atoms with van der Waals surface area (Å²) in [7, 11) is 0. The standard InChI is InChI=1S/C15H30N2O3/c1-6-19-9-14(10(2)3)17-15(18)16-13-7-11(4)20-12(5)8-13/h10-14H,6-9H2,1-5H3,(H2,16,17,18)/t11-,12-,14-/m0/s1. The molecule has 1 aliphatic rings. The maximum Gasteiger partial charge on any atom is 0.315 e. The van der Waals surface area contributed by atoms with Crippen molar-refractivity contribution in [2.75, 3.05) is 13.2 Å². The molecule has 5 heteroatoms. The lowest BCUT2D eigenvalue weighted by molar-refractivity contribution is -0.0403. The molecule has 3 atom stereocenters. The van der Waals surface area contributed by atoms with Crippen molar-refractivity contribution in [3.05, 3.63) is 0 Å². The number of carbonyl (C=O) groups is 1. The molecule has 118 valence electrons. The maximum absolute atomic E-state index is 12.1. The van der Waals surface area contributed by atoms with Crippen LogP contribution in [-0.4, -0.2) is 43.5 Å². The van der Waals surface area contributed by atoms with Gasteiger partial charge in [0.15, 0.2) is 0 Å². The third-order valence-corrected chi connectivity index (χ3v) is 3.66. The highest BCUT2D eigenvalue weighted by atomic mass is 16.5. The van der Waals surface area contributed by atoms with Gasteiger partial charge in [-0.1, -0.05) is 13.8 Å². The Kier molecular flexibility index (Phi) is 7.30. The molecule has 0 aromatic rings. The molecule has 0 unspecified atom stereocenters. The molecule has 0 bridgehead atoms. The van der Waals surface area contributed by atoms with Crippen LogP contribution in [0.25, 0.3) is 0 Å². The summed E-state index contributed by atoms with van der Waals surface area (Å²) in [4.78, 5) is 12.1. The van der Waals surface area contributed by atoms with Gasteiger partial charge < -0.3 is 20.1 Å². The molecule has 0 aromatic carbocycles. The molecular weight excluding hydrogens is 256 g/mol. The summed E-state index contributed by atoms with van der Waals surface area (Å²) in [6.45, 7) is 11.5. The van der Waals surface area contributed by atoms with Crippen LogP contribution in [0.2, 0.25) is 0 Å². The van der Waals surface area contributed by atoms with Crippen LogP contribution in [0.15, 0.2) is 0 Å². The SMILES string of the molecule is CCOC[C@H](NC(=O)NC1C[C@H](C)O[C@@H](C)C1)C(C)C. The lowest BCUT2D eigenvalue weighted by Gasteiger charge is -2.33. The Morgan fingerprint density at radius 3 is 2.40 bits per heavy atom. The Morgan fingerprint density at radius 2 is 1.90 bits per heavy atom. The first-order chi connectivity index (χ1) is 9.42. The predicted molar refractivity (Wildman–Crippen MR) is 79.8 cm³/mol. The Bertz CT molecular complexity index is 287. The monoisotopic (exact) mass is 286 g/mol. The van der Waals surface area contributed by atoms with E-state index in [0.717, 1.165) is 12.8 Å². The van der Waals surface area contributed by atoms with Crippen molar-refractivity contribution in [3.63, 3.8) is 0 Å². The van der Waals surface area contributed by atoms with Crippen molar-refractivity contribution in [3.8, 4) is 0 Å². The van der Waals surface area contributed by atoms with Gasteiger partial charge in [0.1, 0.15) is 0 Å². The summed E-state index contributed by atoms with van der Waals surface area (Å²) in [6, 6.07) is 0.132. The zero-order valence-electron chi connectivity index (χ0n) is 13.4. The fourth-order valence-corrected chi connectivity index (χ4v) is 2.56. The van der Waals surface area contributed by atoms with Crippen LogP contribution >= 0.6 is 0 Å². The number of carbonyl (C=O) groups excluding carboxylic acids is 1. The van der Waals surface area contributed by atoms with E-state index < -0.39 is 0 Å². The number of rotatable bonds is 6. The van der Waals surface area contributed by atoms with Crippen LogP contribution in [0.5, 0.6) is 0 Å². The number of ether oxygens (including phenoxy) is 2. The average Bonchev–Trinajstić information content (AvgIpc) is 2.32. The van der Waals surface area contributed by atoms with E-state index in [0.29, 0.717) is 19.1 Å². The predicted octanol–water partition coefficient (Wildman–Crippen LogP) is 2.30. The smallest absolute Gasteiger partial charge is 0.315 e. The van der Waals surface area contributed by atoms with E-state index in [4.69, 9.17) is 9.47 Å². The van der Waals surface area contributed by atoms with E-state index in [1.165, 1.54) is 0 Å². The molecule has 1 fully saturated rings. The molecule has 1 rings (SSSR count). The second-order valence-electron chi connectivity index (χ2n) is 6.05. The zero-order chi connectivity index (χ0) is 15.1. The van der Waals surface area contributed by atoms with Gasteiger partial charge in [-0.2, -0.15) is 0 Å². The molecule has 2 N–H and O–H groups in total. The Morgan fingerprint density at radius 1 is 1.30 bits per heavy atom. The Hall–Kier alpha value is -0.810. The number of nitrogens with one attached hydrogen (secondary N) is 2. The van der Waals surface area contributed by atoms with E-state index in [-0.39, 0.29) is 30.3 Å². The minimum Gasteiger partial charge on any atom is -0.380 e. The van der Waals surface area contributed by atoms with E-state index in [9.17, 15) is 4.79 Å². The first-order valence-corrected chi connectivity index (χ1v) is 7.72. The second-order valence-corrected chi connectivity index (χ2v) is 6.05. The molecule has 0 saturated carbocycles. The van der Waals surface area contributed by atoms with Gasteiger partial charge in [0.25, 0.3) is 0 Å². The van der Waals surface area contributed by atoms with E-state index in [1.807, 2.05) is 20.8 Å². The quantitative estimate of drug-likeness (QED) is 0.787. The third-order valence-electron chi connectivity index (χ3n) is 3.66. The molecule has 20 heavy (non-hydrogen) atoms. The van der Waals surface area contributed by atoms with Crippen molar-refractivity contribution < 1.29 is 14.3 Å². The Balaban J connectivity index is 2.40. The third kappa shape index (κ3) is 6.09. The number of amides is 2. The van der Waals surface area contributed by atoms with Gasteiger partial charge in [-0.25, -0.2) is 4.79 Å². The molecule has 5 nitrogen and oxygen atoms in total. The second kappa shape index (κ2) is 8.47. The van der Waals surface area contributed by atoms with Gasteiger partial charge >= 0.3 is 6.03 Å². The first kappa shape index (κ1) is 17.2. The van der Waals surface area contributed by atoms with E-state index in [2.05, 4.69) is 24.5 Å². The van der Waals surface area contributed by atoms with Gasteiger partial charge in [0, 0.05) is 12.6 Å². The topological polar surface area (TPSA) is 59.6 Å². The fraction of sp³-hybridized carbons (Fsp3) is 0.933. The van der Waals surface area contributed by atoms with Crippen LogP contribution in [0.3, 0.4) is 0 Å². The van der Waals surface area contributed by atoms with Crippen LogP contribution in [0.1, 0.15) is 47.5 Å². The largest absolute Gasteiger partial charge is 0.380 e. The van der Waals surface area contributed by atoms with Gasteiger partial charge in [0.05, 0.1) is 24.9 Å². The maximum atomic E-state index is 12.1. The minimum atomic E-state index is -0.102. The van der Waals surface area contributed by atoms with Crippen LogP contribution < -0.4 is 10.6 Å². The molecule has 1 aliphatic heterocycles. The Labute approximate surface area is 122 Å². The van der Waals surface area contributed by atoms with Crippen LogP contribution in [0, 0.1) is 5.92 Å². The molecule has 1 heterocycles. The summed E-state index contributed by atoms with van der Waals surface area (Å²) < 4.78 is 11.1. The first-order valence-electron chi connectivity index (χ1n) is 7.72. The average molecular weight is 286 g/mol. The van der Waals surface area contributed by atoms with Gasteiger partial charge in [-0.15, -0.1) is 0 Å². The highest BCUT2D eigenvalue weighted by molar-refractivity contribution is 5.74. The summed E-state index contributed by atoms with van der Waals surface area (Å²) >= 11 is 0. The highest BCUT2D eigenvalue weighted by Crippen LogP contribution is 2.18. The van der Waals surface area contributed by atoms with Crippen molar-refractivity contribution in [1.82, 2.24) is 10.6 Å². The van der Waals surface area contributed by atoms with Crippen molar-refractivity contribution in [2.24, 2.45) is 5.92 Å². The summed E-state index contributed by atoms with van der Waals surface area (Å²) in [5.74, 6) is 0.347. The number of urea groups is 1. The van der Waals surface area contributed by atoms with Crippen molar-refractivity contribution in [1.29, 1.82) is 0 Å².